The van der Waals surface area contributed by atoms with Crippen LogP contribution in [0.5, 0.6) is 5.75 Å². The van der Waals surface area contributed by atoms with Gasteiger partial charge in [-0.2, -0.15) is 0 Å². The van der Waals surface area contributed by atoms with Crippen LogP contribution in [0.25, 0.3) is 0 Å². The summed E-state index contributed by atoms with van der Waals surface area (Å²) in [5.74, 6) is 1.04. The summed E-state index contributed by atoms with van der Waals surface area (Å²) in [4.78, 5) is 0. The highest BCUT2D eigenvalue weighted by atomic mass is 16.5. The van der Waals surface area contributed by atoms with Gasteiger partial charge in [-0.05, 0) is 37.4 Å². The second kappa shape index (κ2) is 5.72. The van der Waals surface area contributed by atoms with E-state index < -0.39 is 0 Å². The summed E-state index contributed by atoms with van der Waals surface area (Å²) in [5, 5.41) is 3.55. The van der Waals surface area contributed by atoms with Crippen molar-refractivity contribution in [2.45, 2.75) is 37.8 Å². The average Bonchev–Trinajstić information content (AvgIpc) is 3.05. The lowest BCUT2D eigenvalue weighted by atomic mass is 10.0. The molecule has 3 heteroatoms. The normalized spacial score (nSPS) is 27.6. The van der Waals surface area contributed by atoms with Crippen molar-refractivity contribution >= 4 is 0 Å². The molecule has 0 amide bonds. The molecule has 2 saturated heterocycles. The Labute approximate surface area is 108 Å². The summed E-state index contributed by atoms with van der Waals surface area (Å²) in [7, 11) is 0. The van der Waals surface area contributed by atoms with E-state index in [0.717, 1.165) is 38.3 Å². The Morgan fingerprint density at radius 2 is 2.22 bits per heavy atom. The molecule has 0 spiro atoms. The second-order valence-corrected chi connectivity index (χ2v) is 5.21. The Morgan fingerprint density at radius 3 is 3.00 bits per heavy atom. The first-order valence-corrected chi connectivity index (χ1v) is 6.97. The predicted octanol–water partition coefficient (Wildman–Crippen LogP) is 2.15. The van der Waals surface area contributed by atoms with Gasteiger partial charge in [0.2, 0.25) is 0 Å². The van der Waals surface area contributed by atoms with Crippen molar-refractivity contribution in [2.24, 2.45) is 0 Å². The molecule has 1 aromatic rings. The molecule has 0 aromatic heterocycles. The fourth-order valence-corrected chi connectivity index (χ4v) is 2.77. The van der Waals surface area contributed by atoms with Gasteiger partial charge < -0.3 is 14.8 Å². The molecule has 2 unspecified atom stereocenters. The fourth-order valence-electron chi connectivity index (χ4n) is 2.77. The summed E-state index contributed by atoms with van der Waals surface area (Å²) < 4.78 is 11.4. The average molecular weight is 247 g/mol. The van der Waals surface area contributed by atoms with Crippen molar-refractivity contribution in [3.05, 3.63) is 29.8 Å². The monoisotopic (exact) mass is 247 g/mol. The Bertz CT molecular complexity index is 345. The smallest absolute Gasteiger partial charge is 0.124 e. The van der Waals surface area contributed by atoms with E-state index in [1.54, 1.807) is 0 Å². The lowest BCUT2D eigenvalue weighted by Gasteiger charge is -2.17. The number of hydrogen-bond donors (Lipinski definition) is 1. The van der Waals surface area contributed by atoms with Crippen LogP contribution in [0.4, 0.5) is 0 Å². The molecule has 2 atom stereocenters. The number of rotatable bonds is 4. The van der Waals surface area contributed by atoms with Gasteiger partial charge >= 0.3 is 0 Å². The topological polar surface area (TPSA) is 30.5 Å². The van der Waals surface area contributed by atoms with E-state index in [-0.39, 0.29) is 6.10 Å². The quantitative estimate of drug-likeness (QED) is 0.884. The first kappa shape index (κ1) is 12.0. The molecule has 3 nitrogen and oxygen atoms in total. The van der Waals surface area contributed by atoms with Gasteiger partial charge in [0.25, 0.3) is 0 Å². The van der Waals surface area contributed by atoms with Crippen LogP contribution in [0.15, 0.2) is 24.3 Å². The maximum Gasteiger partial charge on any atom is 0.124 e. The van der Waals surface area contributed by atoms with Crippen LogP contribution in [-0.4, -0.2) is 31.9 Å². The molecule has 3 rings (SSSR count). The molecule has 2 fully saturated rings. The van der Waals surface area contributed by atoms with E-state index in [4.69, 9.17) is 9.47 Å². The molecule has 0 saturated carbocycles. The van der Waals surface area contributed by atoms with Crippen LogP contribution in [-0.2, 0) is 11.2 Å². The Hall–Kier alpha value is -1.06. The van der Waals surface area contributed by atoms with Gasteiger partial charge in [-0.3, -0.25) is 0 Å². The van der Waals surface area contributed by atoms with E-state index in [1.165, 1.54) is 18.4 Å². The van der Waals surface area contributed by atoms with Crippen molar-refractivity contribution in [1.29, 1.82) is 0 Å². The minimum absolute atomic E-state index is 0.239. The predicted molar refractivity (Wildman–Crippen MR) is 71.0 cm³/mol. The molecule has 1 aromatic carbocycles. The highest BCUT2D eigenvalue weighted by Crippen LogP contribution is 2.24. The minimum Gasteiger partial charge on any atom is -0.488 e. The third kappa shape index (κ3) is 2.85. The maximum atomic E-state index is 6.06. The number of hydrogen-bond acceptors (Lipinski definition) is 3. The maximum absolute atomic E-state index is 6.06. The molecule has 2 heterocycles. The van der Waals surface area contributed by atoms with Gasteiger partial charge in [-0.1, -0.05) is 18.2 Å². The van der Waals surface area contributed by atoms with E-state index in [1.807, 2.05) is 0 Å². The summed E-state index contributed by atoms with van der Waals surface area (Å²) in [6, 6.07) is 9.04. The Morgan fingerprint density at radius 1 is 1.28 bits per heavy atom. The third-order valence-electron chi connectivity index (χ3n) is 3.78. The molecule has 0 radical (unpaired) electrons. The summed E-state index contributed by atoms with van der Waals surface area (Å²) in [5.41, 5.74) is 1.32. The third-order valence-corrected chi connectivity index (χ3v) is 3.78. The molecule has 98 valence electrons. The van der Waals surface area contributed by atoms with Gasteiger partial charge in [-0.15, -0.1) is 0 Å². The summed E-state index contributed by atoms with van der Waals surface area (Å²) >= 11 is 0. The first-order valence-electron chi connectivity index (χ1n) is 6.97. The van der Waals surface area contributed by atoms with E-state index in [0.29, 0.717) is 6.04 Å². The molecule has 0 bridgehead atoms. The second-order valence-electron chi connectivity index (χ2n) is 5.21. The van der Waals surface area contributed by atoms with Crippen LogP contribution in [0.3, 0.4) is 0 Å². The van der Waals surface area contributed by atoms with Crippen molar-refractivity contribution in [3.63, 3.8) is 0 Å². The Kier molecular flexibility index (Phi) is 3.81. The van der Waals surface area contributed by atoms with Gasteiger partial charge in [0.05, 0.1) is 13.2 Å². The van der Waals surface area contributed by atoms with E-state index >= 15 is 0 Å². The minimum atomic E-state index is 0.239. The zero-order valence-electron chi connectivity index (χ0n) is 10.7. The largest absolute Gasteiger partial charge is 0.488 e. The Balaban J connectivity index is 1.67. The van der Waals surface area contributed by atoms with Crippen LogP contribution < -0.4 is 10.1 Å². The van der Waals surface area contributed by atoms with Crippen molar-refractivity contribution in [1.82, 2.24) is 5.32 Å². The standard InChI is InChI=1S/C15H21NO2/c1-2-6-15(18-14-7-9-17-11-14)12(4-1)10-13-5-3-8-16-13/h1-2,4,6,13-14,16H,3,5,7-11H2. The number of ether oxygens (including phenoxy) is 2. The molecule has 1 N–H and O–H groups in total. The highest BCUT2D eigenvalue weighted by molar-refractivity contribution is 5.34. The lowest BCUT2D eigenvalue weighted by molar-refractivity contribution is 0.140. The number of para-hydroxylation sites is 1. The van der Waals surface area contributed by atoms with Crippen molar-refractivity contribution < 1.29 is 9.47 Å². The lowest BCUT2D eigenvalue weighted by Crippen LogP contribution is -2.24. The fraction of sp³-hybridized carbons (Fsp3) is 0.600. The molecule has 18 heavy (non-hydrogen) atoms. The van der Waals surface area contributed by atoms with Crippen LogP contribution in [0, 0.1) is 0 Å². The van der Waals surface area contributed by atoms with Crippen LogP contribution in [0.2, 0.25) is 0 Å². The zero-order valence-corrected chi connectivity index (χ0v) is 10.7. The van der Waals surface area contributed by atoms with Crippen molar-refractivity contribution in [3.8, 4) is 5.75 Å². The molecular formula is C15H21NO2. The molecular weight excluding hydrogens is 226 g/mol. The van der Waals surface area contributed by atoms with E-state index in [2.05, 4.69) is 29.6 Å². The molecule has 2 aliphatic heterocycles. The molecule has 0 aliphatic carbocycles. The van der Waals surface area contributed by atoms with Crippen LogP contribution >= 0.6 is 0 Å². The van der Waals surface area contributed by atoms with E-state index in [9.17, 15) is 0 Å². The SMILES string of the molecule is c1ccc(OC2CCOC2)c(CC2CCCN2)c1. The first-order chi connectivity index (χ1) is 8.92. The van der Waals surface area contributed by atoms with Crippen molar-refractivity contribution in [2.75, 3.05) is 19.8 Å². The number of nitrogens with one attached hydrogen (secondary N) is 1. The molecule has 2 aliphatic rings. The van der Waals surface area contributed by atoms with Crippen LogP contribution in [0.1, 0.15) is 24.8 Å². The van der Waals surface area contributed by atoms with Gasteiger partial charge in [0.15, 0.2) is 0 Å². The van der Waals surface area contributed by atoms with Gasteiger partial charge in [0, 0.05) is 12.5 Å². The number of benzene rings is 1. The van der Waals surface area contributed by atoms with Gasteiger partial charge in [0.1, 0.15) is 11.9 Å². The summed E-state index contributed by atoms with van der Waals surface area (Å²) in [6.45, 7) is 2.72. The van der Waals surface area contributed by atoms with Gasteiger partial charge in [-0.25, -0.2) is 0 Å². The zero-order chi connectivity index (χ0) is 12.2. The highest BCUT2D eigenvalue weighted by Gasteiger charge is 2.20. The summed E-state index contributed by atoms with van der Waals surface area (Å²) in [6.07, 6.45) is 4.90.